The third-order valence-corrected chi connectivity index (χ3v) is 2.54. The highest BCUT2D eigenvalue weighted by Crippen LogP contribution is 2.06. The second-order valence-electron chi connectivity index (χ2n) is 3.30. The van der Waals surface area contributed by atoms with Crippen molar-refractivity contribution in [2.75, 3.05) is 39.1 Å². The van der Waals surface area contributed by atoms with Crippen LogP contribution >= 0.6 is 11.6 Å². The van der Waals surface area contributed by atoms with E-state index in [9.17, 15) is 5.11 Å². The maximum Gasteiger partial charge on any atom is 0.108 e. The topological polar surface area (TPSA) is 26.7 Å². The lowest BCUT2D eigenvalue weighted by Gasteiger charge is -2.35. The lowest BCUT2D eigenvalue weighted by atomic mass is 10.3. The highest BCUT2D eigenvalue weighted by molar-refractivity contribution is 6.17. The summed E-state index contributed by atoms with van der Waals surface area (Å²) >= 11 is 5.55. The first-order valence-electron chi connectivity index (χ1n) is 4.40. The Bertz CT molecular complexity index is 126. The zero-order chi connectivity index (χ0) is 8.97. The van der Waals surface area contributed by atoms with Crippen molar-refractivity contribution >= 4 is 11.6 Å². The summed E-state index contributed by atoms with van der Waals surface area (Å²) in [6, 6.07) is 0. The van der Waals surface area contributed by atoms with Crippen molar-refractivity contribution in [3.05, 3.63) is 0 Å². The van der Waals surface area contributed by atoms with Crippen molar-refractivity contribution in [1.29, 1.82) is 0 Å². The van der Waals surface area contributed by atoms with Crippen LogP contribution in [0.3, 0.4) is 0 Å². The lowest BCUT2D eigenvalue weighted by Crippen LogP contribution is -2.49. The maximum atomic E-state index is 9.58. The van der Waals surface area contributed by atoms with Gasteiger partial charge in [-0.3, -0.25) is 4.90 Å². The summed E-state index contributed by atoms with van der Waals surface area (Å²) in [5.74, 6) is 0.535. The molecular formula is C8H17ClN2O. The van der Waals surface area contributed by atoms with Gasteiger partial charge in [-0.2, -0.15) is 0 Å². The zero-order valence-corrected chi connectivity index (χ0v) is 8.30. The van der Waals surface area contributed by atoms with Gasteiger partial charge in [0, 0.05) is 38.5 Å². The number of hydrogen-bond acceptors (Lipinski definition) is 3. The van der Waals surface area contributed by atoms with Gasteiger partial charge in [0.15, 0.2) is 0 Å². The van der Waals surface area contributed by atoms with E-state index < -0.39 is 0 Å². The molecule has 0 aromatic heterocycles. The van der Waals surface area contributed by atoms with Gasteiger partial charge in [-0.15, -0.1) is 11.6 Å². The molecule has 0 saturated carbocycles. The number of nitrogens with zero attached hydrogens (tertiary/aromatic N) is 2. The van der Waals surface area contributed by atoms with Crippen LogP contribution in [-0.4, -0.2) is 60.2 Å². The monoisotopic (exact) mass is 192 g/mol. The van der Waals surface area contributed by atoms with E-state index in [1.54, 1.807) is 0 Å². The van der Waals surface area contributed by atoms with Gasteiger partial charge in [-0.1, -0.05) is 0 Å². The number of hydrogen-bond donors (Lipinski definition) is 1. The normalized spacial score (nSPS) is 24.2. The van der Waals surface area contributed by atoms with Crippen LogP contribution in [0.15, 0.2) is 0 Å². The number of aliphatic hydroxyl groups excluding tert-OH is 1. The molecule has 1 heterocycles. The molecule has 0 bridgehead atoms. The number of aliphatic hydroxyl groups is 1. The van der Waals surface area contributed by atoms with E-state index in [0.29, 0.717) is 12.3 Å². The van der Waals surface area contributed by atoms with Crippen molar-refractivity contribution in [1.82, 2.24) is 9.80 Å². The number of piperazine rings is 1. The molecule has 1 saturated heterocycles. The molecule has 12 heavy (non-hydrogen) atoms. The molecule has 3 nitrogen and oxygen atoms in total. The van der Waals surface area contributed by atoms with Crippen LogP contribution in [0, 0.1) is 0 Å². The molecule has 0 amide bonds. The third kappa shape index (κ3) is 2.90. The van der Waals surface area contributed by atoms with Gasteiger partial charge in [-0.25, -0.2) is 0 Å². The Labute approximate surface area is 78.9 Å². The summed E-state index contributed by atoms with van der Waals surface area (Å²) in [5.41, 5.74) is 0. The van der Waals surface area contributed by atoms with E-state index >= 15 is 0 Å². The second-order valence-corrected chi connectivity index (χ2v) is 3.68. The van der Waals surface area contributed by atoms with Crippen LogP contribution in [0.2, 0.25) is 0 Å². The standard InChI is InChI=1S/C8H17ClN2O/c1-10-4-6-11(7-5-10)8(12)2-3-9/h8,12H,2-7H2,1H3. The predicted molar refractivity (Wildman–Crippen MR) is 50.4 cm³/mol. The van der Waals surface area contributed by atoms with E-state index in [1.807, 2.05) is 0 Å². The van der Waals surface area contributed by atoms with Gasteiger partial charge in [0.25, 0.3) is 0 Å². The van der Waals surface area contributed by atoms with E-state index in [2.05, 4.69) is 16.8 Å². The van der Waals surface area contributed by atoms with Crippen LogP contribution < -0.4 is 0 Å². The molecule has 1 N–H and O–H groups in total. The minimum Gasteiger partial charge on any atom is -0.378 e. The second kappa shape index (κ2) is 5.02. The summed E-state index contributed by atoms with van der Waals surface area (Å²) in [7, 11) is 2.10. The highest BCUT2D eigenvalue weighted by atomic mass is 35.5. The van der Waals surface area contributed by atoms with E-state index in [1.165, 1.54) is 0 Å². The van der Waals surface area contributed by atoms with Crippen molar-refractivity contribution in [2.45, 2.75) is 12.6 Å². The number of likely N-dealkylation sites (N-methyl/N-ethyl adjacent to an activating group) is 1. The van der Waals surface area contributed by atoms with E-state index in [-0.39, 0.29) is 6.23 Å². The van der Waals surface area contributed by atoms with E-state index in [4.69, 9.17) is 11.6 Å². The molecule has 0 spiro atoms. The Balaban J connectivity index is 2.24. The number of halogens is 1. The van der Waals surface area contributed by atoms with Crippen molar-refractivity contribution in [3.8, 4) is 0 Å². The van der Waals surface area contributed by atoms with Gasteiger partial charge in [0.2, 0.25) is 0 Å². The molecule has 1 aliphatic heterocycles. The summed E-state index contributed by atoms with van der Waals surface area (Å²) in [4.78, 5) is 4.35. The molecule has 1 unspecified atom stereocenters. The van der Waals surface area contributed by atoms with Gasteiger partial charge in [0.1, 0.15) is 6.23 Å². The molecule has 1 fully saturated rings. The molecule has 0 aromatic rings. The fraction of sp³-hybridized carbons (Fsp3) is 1.00. The van der Waals surface area contributed by atoms with E-state index in [0.717, 1.165) is 26.2 Å². The summed E-state index contributed by atoms with van der Waals surface area (Å²) in [6.45, 7) is 3.99. The summed E-state index contributed by atoms with van der Waals surface area (Å²) in [6.07, 6.45) is 0.335. The predicted octanol–water partition coefficient (Wildman–Crippen LogP) is 0.181. The maximum absolute atomic E-state index is 9.58. The number of rotatable bonds is 3. The SMILES string of the molecule is CN1CCN(C(O)CCCl)CC1. The Kier molecular flexibility index (Phi) is 4.29. The Hall–Kier alpha value is 0.170. The Morgan fingerprint density at radius 3 is 2.42 bits per heavy atom. The van der Waals surface area contributed by atoms with Crippen LogP contribution in [0.25, 0.3) is 0 Å². The molecule has 0 aromatic carbocycles. The van der Waals surface area contributed by atoms with Crippen LogP contribution in [0.1, 0.15) is 6.42 Å². The van der Waals surface area contributed by atoms with Crippen LogP contribution in [0.5, 0.6) is 0 Å². The first-order valence-corrected chi connectivity index (χ1v) is 4.94. The quantitative estimate of drug-likeness (QED) is 0.647. The van der Waals surface area contributed by atoms with Crippen molar-refractivity contribution in [2.24, 2.45) is 0 Å². The van der Waals surface area contributed by atoms with Crippen molar-refractivity contribution in [3.63, 3.8) is 0 Å². The van der Waals surface area contributed by atoms with Crippen molar-refractivity contribution < 1.29 is 5.11 Å². The summed E-state index contributed by atoms with van der Waals surface area (Å²) < 4.78 is 0. The molecule has 72 valence electrons. The van der Waals surface area contributed by atoms with Gasteiger partial charge < -0.3 is 10.0 Å². The van der Waals surface area contributed by atoms with Crippen LogP contribution in [0.4, 0.5) is 0 Å². The lowest BCUT2D eigenvalue weighted by molar-refractivity contribution is -0.0223. The zero-order valence-electron chi connectivity index (χ0n) is 7.54. The first kappa shape index (κ1) is 10.3. The Morgan fingerprint density at radius 1 is 1.33 bits per heavy atom. The summed E-state index contributed by atoms with van der Waals surface area (Å²) in [5, 5.41) is 9.58. The first-order chi connectivity index (χ1) is 5.74. The average Bonchev–Trinajstić information content (AvgIpc) is 2.06. The smallest absolute Gasteiger partial charge is 0.108 e. The molecule has 0 radical (unpaired) electrons. The molecule has 1 aliphatic rings. The Morgan fingerprint density at radius 2 is 1.92 bits per heavy atom. The van der Waals surface area contributed by atoms with Gasteiger partial charge in [-0.05, 0) is 7.05 Å². The highest BCUT2D eigenvalue weighted by Gasteiger charge is 2.19. The minimum absolute atomic E-state index is 0.337. The largest absolute Gasteiger partial charge is 0.378 e. The average molecular weight is 193 g/mol. The van der Waals surface area contributed by atoms with Gasteiger partial charge >= 0.3 is 0 Å². The molecule has 1 atom stereocenters. The molecule has 1 rings (SSSR count). The molecule has 0 aliphatic carbocycles. The van der Waals surface area contributed by atoms with Crippen LogP contribution in [-0.2, 0) is 0 Å². The van der Waals surface area contributed by atoms with Gasteiger partial charge in [0.05, 0.1) is 0 Å². The fourth-order valence-electron chi connectivity index (χ4n) is 1.40. The molecule has 4 heteroatoms. The number of alkyl halides is 1. The molecular weight excluding hydrogens is 176 g/mol. The third-order valence-electron chi connectivity index (χ3n) is 2.33. The fourth-order valence-corrected chi connectivity index (χ4v) is 1.60. The minimum atomic E-state index is -0.337.